The first-order valence-electron chi connectivity index (χ1n) is 4.59. The fourth-order valence-electron chi connectivity index (χ4n) is 1.55. The van der Waals surface area contributed by atoms with Crippen molar-refractivity contribution in [1.82, 2.24) is 0 Å². The van der Waals surface area contributed by atoms with Gasteiger partial charge in [-0.2, -0.15) is 0 Å². The maximum atomic E-state index is 5.67. The van der Waals surface area contributed by atoms with Gasteiger partial charge in [0.15, 0.2) is 0 Å². The van der Waals surface area contributed by atoms with E-state index in [2.05, 4.69) is 26.0 Å². The van der Waals surface area contributed by atoms with E-state index in [0.29, 0.717) is 12.2 Å². The Morgan fingerprint density at radius 1 is 1.45 bits per heavy atom. The van der Waals surface area contributed by atoms with E-state index in [9.17, 15) is 0 Å². The molecule has 2 atom stereocenters. The molecule has 0 amide bonds. The van der Waals surface area contributed by atoms with Crippen LogP contribution in [0.4, 0.5) is 0 Å². The van der Waals surface area contributed by atoms with Gasteiger partial charge in [-0.1, -0.05) is 12.2 Å². The van der Waals surface area contributed by atoms with Crippen LogP contribution in [-0.2, 0) is 4.74 Å². The average molecular weight is 154 g/mol. The molecule has 0 spiro atoms. The second-order valence-electron chi connectivity index (χ2n) is 3.29. The van der Waals surface area contributed by atoms with Crippen molar-refractivity contribution >= 4 is 0 Å². The van der Waals surface area contributed by atoms with Crippen molar-refractivity contribution in [3.8, 4) is 0 Å². The van der Waals surface area contributed by atoms with Crippen molar-refractivity contribution in [2.45, 2.75) is 51.7 Å². The van der Waals surface area contributed by atoms with E-state index in [1.165, 1.54) is 25.7 Å². The second-order valence-corrected chi connectivity index (χ2v) is 3.29. The first-order chi connectivity index (χ1) is 5.33. The van der Waals surface area contributed by atoms with E-state index in [4.69, 9.17) is 4.74 Å². The van der Waals surface area contributed by atoms with Crippen LogP contribution in [-0.4, -0.2) is 12.2 Å². The van der Waals surface area contributed by atoms with Crippen LogP contribution in [0, 0.1) is 0 Å². The Kier molecular flexibility index (Phi) is 3.64. The fraction of sp³-hybridized carbons (Fsp3) is 0.800. The molecule has 1 fully saturated rings. The summed E-state index contributed by atoms with van der Waals surface area (Å²) < 4.78 is 5.67. The third-order valence-electron chi connectivity index (χ3n) is 2.21. The first-order valence-corrected chi connectivity index (χ1v) is 4.59. The molecule has 0 bridgehead atoms. The summed E-state index contributed by atoms with van der Waals surface area (Å²) in [4.78, 5) is 0. The molecule has 0 aromatic rings. The van der Waals surface area contributed by atoms with Gasteiger partial charge in [-0.3, -0.25) is 0 Å². The average Bonchev–Trinajstić information content (AvgIpc) is 2.37. The summed E-state index contributed by atoms with van der Waals surface area (Å²) in [5, 5.41) is 0. The summed E-state index contributed by atoms with van der Waals surface area (Å²) in [6.45, 7) is 4.23. The third kappa shape index (κ3) is 3.06. The lowest BCUT2D eigenvalue weighted by atomic mass is 10.1. The van der Waals surface area contributed by atoms with Gasteiger partial charge in [0.1, 0.15) is 0 Å². The van der Waals surface area contributed by atoms with Gasteiger partial charge in [-0.25, -0.2) is 0 Å². The summed E-state index contributed by atoms with van der Waals surface area (Å²) >= 11 is 0. The molecular weight excluding hydrogens is 136 g/mol. The Balaban J connectivity index is 2.08. The van der Waals surface area contributed by atoms with Crippen LogP contribution < -0.4 is 0 Å². The number of rotatable bonds is 3. The van der Waals surface area contributed by atoms with Crippen LogP contribution in [0.3, 0.4) is 0 Å². The van der Waals surface area contributed by atoms with E-state index in [1.54, 1.807) is 0 Å². The minimum absolute atomic E-state index is 0.505. The zero-order valence-electron chi connectivity index (χ0n) is 7.55. The topological polar surface area (TPSA) is 9.23 Å². The highest BCUT2D eigenvalue weighted by molar-refractivity contribution is 4.80. The van der Waals surface area contributed by atoms with Crippen molar-refractivity contribution < 1.29 is 4.74 Å². The van der Waals surface area contributed by atoms with Crippen molar-refractivity contribution in [3.63, 3.8) is 0 Å². The molecule has 64 valence electrons. The first kappa shape index (κ1) is 8.79. The van der Waals surface area contributed by atoms with E-state index in [-0.39, 0.29) is 0 Å². The number of hydrogen-bond acceptors (Lipinski definition) is 1. The molecule has 0 radical (unpaired) electrons. The van der Waals surface area contributed by atoms with Gasteiger partial charge in [0.25, 0.3) is 0 Å². The molecule has 0 N–H and O–H groups in total. The van der Waals surface area contributed by atoms with Gasteiger partial charge < -0.3 is 4.74 Å². The highest BCUT2D eigenvalue weighted by Gasteiger charge is 2.20. The minimum atomic E-state index is 0.505. The maximum absolute atomic E-state index is 5.67. The molecule has 1 aliphatic heterocycles. The lowest BCUT2D eigenvalue weighted by Crippen LogP contribution is -2.07. The molecular formula is C10H18O. The highest BCUT2D eigenvalue weighted by atomic mass is 16.5. The molecule has 0 aromatic heterocycles. The van der Waals surface area contributed by atoms with Gasteiger partial charge >= 0.3 is 0 Å². The van der Waals surface area contributed by atoms with Crippen molar-refractivity contribution in [2.24, 2.45) is 0 Å². The van der Waals surface area contributed by atoms with E-state index >= 15 is 0 Å². The molecule has 1 aliphatic rings. The van der Waals surface area contributed by atoms with Crippen molar-refractivity contribution in [2.75, 3.05) is 0 Å². The quantitative estimate of drug-likeness (QED) is 0.568. The third-order valence-corrected chi connectivity index (χ3v) is 2.21. The van der Waals surface area contributed by atoms with Crippen LogP contribution in [0.15, 0.2) is 12.2 Å². The van der Waals surface area contributed by atoms with Crippen molar-refractivity contribution in [1.29, 1.82) is 0 Å². The lowest BCUT2D eigenvalue weighted by molar-refractivity contribution is 0.0516. The highest BCUT2D eigenvalue weighted by Crippen LogP contribution is 2.22. The van der Waals surface area contributed by atoms with Gasteiger partial charge in [0, 0.05) is 0 Å². The van der Waals surface area contributed by atoms with Crippen LogP contribution >= 0.6 is 0 Å². The van der Waals surface area contributed by atoms with Crippen molar-refractivity contribution in [3.05, 3.63) is 12.2 Å². The molecule has 0 saturated carbocycles. The van der Waals surface area contributed by atoms with E-state index < -0.39 is 0 Å². The standard InChI is InChI=1S/C10H18O/c1-3-4-5-6-10-8-7-9(2)11-10/h3-4,9-10H,5-8H2,1-2H3/b4-3+. The summed E-state index contributed by atoms with van der Waals surface area (Å²) in [5.41, 5.74) is 0. The zero-order valence-corrected chi connectivity index (χ0v) is 7.55. The summed E-state index contributed by atoms with van der Waals surface area (Å²) in [6, 6.07) is 0. The molecule has 1 rings (SSSR count). The zero-order chi connectivity index (χ0) is 8.10. The fourth-order valence-corrected chi connectivity index (χ4v) is 1.55. The van der Waals surface area contributed by atoms with Gasteiger partial charge in [-0.15, -0.1) is 0 Å². The molecule has 1 nitrogen and oxygen atoms in total. The predicted molar refractivity (Wildman–Crippen MR) is 47.6 cm³/mol. The molecule has 1 heterocycles. The van der Waals surface area contributed by atoms with E-state index in [1.807, 2.05) is 0 Å². The van der Waals surface area contributed by atoms with Crippen LogP contribution in [0.25, 0.3) is 0 Å². The maximum Gasteiger partial charge on any atom is 0.0582 e. The monoisotopic (exact) mass is 154 g/mol. The summed E-state index contributed by atoms with van der Waals surface area (Å²) in [6.07, 6.45) is 10.3. The summed E-state index contributed by atoms with van der Waals surface area (Å²) in [7, 11) is 0. The molecule has 1 saturated heterocycles. The van der Waals surface area contributed by atoms with Gasteiger partial charge in [-0.05, 0) is 39.5 Å². The van der Waals surface area contributed by atoms with Crippen LogP contribution in [0.5, 0.6) is 0 Å². The number of allylic oxidation sites excluding steroid dienone is 2. The van der Waals surface area contributed by atoms with Gasteiger partial charge in [0.2, 0.25) is 0 Å². The molecule has 0 aliphatic carbocycles. The second kappa shape index (κ2) is 4.55. The minimum Gasteiger partial charge on any atom is -0.375 e. The Morgan fingerprint density at radius 3 is 2.82 bits per heavy atom. The number of ether oxygens (including phenoxy) is 1. The van der Waals surface area contributed by atoms with Gasteiger partial charge in [0.05, 0.1) is 12.2 Å². The Morgan fingerprint density at radius 2 is 2.27 bits per heavy atom. The number of hydrogen-bond donors (Lipinski definition) is 0. The van der Waals surface area contributed by atoms with E-state index in [0.717, 1.165) is 0 Å². The Hall–Kier alpha value is -0.300. The smallest absolute Gasteiger partial charge is 0.0582 e. The lowest BCUT2D eigenvalue weighted by Gasteiger charge is -2.08. The normalized spacial score (nSPS) is 31.8. The summed E-state index contributed by atoms with van der Waals surface area (Å²) in [5.74, 6) is 0. The molecule has 1 heteroatoms. The van der Waals surface area contributed by atoms with Crippen LogP contribution in [0.1, 0.15) is 39.5 Å². The predicted octanol–water partition coefficient (Wildman–Crippen LogP) is 2.91. The largest absolute Gasteiger partial charge is 0.375 e. The molecule has 0 aromatic carbocycles. The van der Waals surface area contributed by atoms with Crippen LogP contribution in [0.2, 0.25) is 0 Å². The SMILES string of the molecule is C/C=C/CCC1CCC(C)O1. The molecule has 2 unspecified atom stereocenters. The Bertz CT molecular complexity index is 129. The Labute approximate surface area is 69.4 Å². The molecule has 11 heavy (non-hydrogen) atoms.